The van der Waals surface area contributed by atoms with Crippen molar-refractivity contribution in [2.75, 3.05) is 18.1 Å². The van der Waals surface area contributed by atoms with Gasteiger partial charge in [0, 0.05) is 12.2 Å². The van der Waals surface area contributed by atoms with Gasteiger partial charge in [0.05, 0.1) is 12.4 Å². The predicted molar refractivity (Wildman–Crippen MR) is 85.6 cm³/mol. The van der Waals surface area contributed by atoms with Gasteiger partial charge < -0.3 is 15.8 Å². The van der Waals surface area contributed by atoms with E-state index in [4.69, 9.17) is 10.5 Å². The van der Waals surface area contributed by atoms with Crippen LogP contribution in [0.5, 0.6) is 0 Å². The van der Waals surface area contributed by atoms with Crippen LogP contribution in [0.3, 0.4) is 0 Å². The van der Waals surface area contributed by atoms with Crippen LogP contribution in [0.1, 0.15) is 44.0 Å². The van der Waals surface area contributed by atoms with Crippen molar-refractivity contribution in [2.24, 2.45) is 0 Å². The number of thioether (sulfide) groups is 1. The number of carbonyl (C=O) groups excluding carboxylic acids is 2. The number of nitrogens with zero attached hydrogens (tertiary/aromatic N) is 2. The topological polar surface area (TPSA) is 107 Å². The fourth-order valence-corrected chi connectivity index (χ4v) is 2.40. The van der Waals surface area contributed by atoms with Crippen LogP contribution in [-0.2, 0) is 9.53 Å². The summed E-state index contributed by atoms with van der Waals surface area (Å²) in [5.41, 5.74) is 5.85. The lowest BCUT2D eigenvalue weighted by atomic mass is 10.2. The highest BCUT2D eigenvalue weighted by Crippen LogP contribution is 2.17. The largest absolute Gasteiger partial charge is 0.462 e. The van der Waals surface area contributed by atoms with Crippen molar-refractivity contribution in [2.45, 2.75) is 44.8 Å². The summed E-state index contributed by atoms with van der Waals surface area (Å²) in [5, 5.41) is 3.24. The Morgan fingerprint density at radius 1 is 1.45 bits per heavy atom. The minimum atomic E-state index is -0.553. The zero-order chi connectivity index (χ0) is 16.5. The van der Waals surface area contributed by atoms with Crippen molar-refractivity contribution >= 4 is 29.5 Å². The van der Waals surface area contributed by atoms with Crippen LogP contribution in [0.15, 0.2) is 11.4 Å². The Balaban J connectivity index is 2.55. The predicted octanol–water partition coefficient (Wildman–Crippen LogP) is 1.63. The zero-order valence-electron chi connectivity index (χ0n) is 13.1. The Kier molecular flexibility index (Phi) is 7.65. The second-order valence-corrected chi connectivity index (χ2v) is 5.66. The number of rotatable bonds is 8. The summed E-state index contributed by atoms with van der Waals surface area (Å²) < 4.78 is 4.84. The molecule has 0 aromatic carbocycles. The summed E-state index contributed by atoms with van der Waals surface area (Å²) in [6.45, 7) is 6.00. The van der Waals surface area contributed by atoms with Crippen LogP contribution < -0.4 is 11.1 Å². The summed E-state index contributed by atoms with van der Waals surface area (Å²) in [7, 11) is 0. The standard InChI is InChI=1S/C14H22N4O3S/c1-4-6-9(3)17-11(19)8-22-14-16-7-10(12(15)18-14)13(20)21-5-2/h7,9H,4-6,8H2,1-3H3,(H,17,19)(H2,15,16,18). The molecule has 0 saturated heterocycles. The quantitative estimate of drug-likeness (QED) is 0.425. The number of anilines is 1. The molecule has 7 nitrogen and oxygen atoms in total. The van der Waals surface area contributed by atoms with Gasteiger partial charge in [-0.15, -0.1) is 0 Å². The number of carbonyl (C=O) groups is 2. The van der Waals surface area contributed by atoms with Gasteiger partial charge in [-0.2, -0.15) is 0 Å². The van der Waals surface area contributed by atoms with Gasteiger partial charge in [-0.25, -0.2) is 14.8 Å². The Morgan fingerprint density at radius 3 is 2.77 bits per heavy atom. The molecule has 1 aromatic heterocycles. The van der Waals surface area contributed by atoms with Crippen LogP contribution in [0.4, 0.5) is 5.82 Å². The summed E-state index contributed by atoms with van der Waals surface area (Å²) >= 11 is 1.17. The summed E-state index contributed by atoms with van der Waals surface area (Å²) in [4.78, 5) is 31.4. The number of amides is 1. The molecule has 1 aromatic rings. The molecule has 1 unspecified atom stereocenters. The van der Waals surface area contributed by atoms with Crippen LogP contribution in [0.2, 0.25) is 0 Å². The van der Waals surface area contributed by atoms with E-state index in [0.29, 0.717) is 5.16 Å². The molecule has 0 fully saturated rings. The van der Waals surface area contributed by atoms with E-state index in [1.165, 1.54) is 18.0 Å². The van der Waals surface area contributed by atoms with E-state index < -0.39 is 5.97 Å². The van der Waals surface area contributed by atoms with Crippen molar-refractivity contribution in [3.05, 3.63) is 11.8 Å². The van der Waals surface area contributed by atoms with Crippen LogP contribution in [0, 0.1) is 0 Å². The van der Waals surface area contributed by atoms with Gasteiger partial charge in [0.2, 0.25) is 5.91 Å². The van der Waals surface area contributed by atoms with E-state index in [2.05, 4.69) is 22.2 Å². The van der Waals surface area contributed by atoms with Crippen LogP contribution in [0.25, 0.3) is 0 Å². The fraction of sp³-hybridized carbons (Fsp3) is 0.571. The van der Waals surface area contributed by atoms with E-state index in [0.717, 1.165) is 12.8 Å². The first-order valence-electron chi connectivity index (χ1n) is 7.19. The van der Waals surface area contributed by atoms with Crippen molar-refractivity contribution in [1.29, 1.82) is 0 Å². The van der Waals surface area contributed by atoms with Crippen molar-refractivity contribution in [1.82, 2.24) is 15.3 Å². The number of hydrogen-bond acceptors (Lipinski definition) is 7. The molecule has 0 aliphatic heterocycles. The molecule has 22 heavy (non-hydrogen) atoms. The van der Waals surface area contributed by atoms with Gasteiger partial charge in [0.1, 0.15) is 11.4 Å². The number of ether oxygens (including phenoxy) is 1. The lowest BCUT2D eigenvalue weighted by molar-refractivity contribution is -0.119. The van der Waals surface area contributed by atoms with Crippen LogP contribution in [-0.4, -0.2) is 40.2 Å². The molecule has 122 valence electrons. The maximum Gasteiger partial charge on any atom is 0.343 e. The number of aromatic nitrogens is 2. The lowest BCUT2D eigenvalue weighted by Gasteiger charge is -2.12. The second-order valence-electron chi connectivity index (χ2n) is 4.72. The Bertz CT molecular complexity index is 525. The average molecular weight is 326 g/mol. The minimum absolute atomic E-state index is 0.0516. The first-order chi connectivity index (χ1) is 10.5. The average Bonchev–Trinajstić information content (AvgIpc) is 2.45. The number of nitrogen functional groups attached to an aromatic ring is 1. The molecule has 1 heterocycles. The van der Waals surface area contributed by atoms with Crippen molar-refractivity contribution in [3.63, 3.8) is 0 Å². The number of nitrogens with two attached hydrogens (primary N) is 1. The van der Waals surface area contributed by atoms with Crippen molar-refractivity contribution < 1.29 is 14.3 Å². The SMILES string of the molecule is CCCC(C)NC(=O)CSc1ncc(C(=O)OCC)c(N)n1. The van der Waals surface area contributed by atoms with Gasteiger partial charge in [-0.05, 0) is 20.3 Å². The second kappa shape index (κ2) is 9.24. The molecule has 1 rings (SSSR count). The highest BCUT2D eigenvalue weighted by Gasteiger charge is 2.14. The van der Waals surface area contributed by atoms with E-state index in [9.17, 15) is 9.59 Å². The molecular formula is C14H22N4O3S. The Hall–Kier alpha value is -1.83. The molecule has 0 radical (unpaired) electrons. The fourth-order valence-electron chi connectivity index (χ4n) is 1.77. The van der Waals surface area contributed by atoms with E-state index >= 15 is 0 Å². The summed E-state index contributed by atoms with van der Waals surface area (Å²) in [6, 6.07) is 0.148. The molecule has 0 saturated carbocycles. The van der Waals surface area contributed by atoms with Gasteiger partial charge in [-0.1, -0.05) is 25.1 Å². The molecule has 0 aliphatic carbocycles. The minimum Gasteiger partial charge on any atom is -0.462 e. The maximum atomic E-state index is 11.8. The van der Waals surface area contributed by atoms with E-state index in [1.807, 2.05) is 6.92 Å². The van der Waals surface area contributed by atoms with Gasteiger partial charge in [-0.3, -0.25) is 4.79 Å². The first-order valence-corrected chi connectivity index (χ1v) is 8.18. The van der Waals surface area contributed by atoms with E-state index in [-0.39, 0.29) is 35.7 Å². The number of nitrogens with one attached hydrogen (secondary N) is 1. The smallest absolute Gasteiger partial charge is 0.343 e. The molecule has 8 heteroatoms. The molecule has 0 spiro atoms. The normalized spacial score (nSPS) is 11.8. The van der Waals surface area contributed by atoms with Gasteiger partial charge >= 0.3 is 5.97 Å². The maximum absolute atomic E-state index is 11.8. The third kappa shape index (κ3) is 5.88. The Morgan fingerprint density at radius 2 is 2.18 bits per heavy atom. The zero-order valence-corrected chi connectivity index (χ0v) is 13.9. The van der Waals surface area contributed by atoms with Gasteiger partial charge in [0.15, 0.2) is 5.16 Å². The van der Waals surface area contributed by atoms with Crippen molar-refractivity contribution in [3.8, 4) is 0 Å². The molecule has 1 atom stereocenters. The number of esters is 1. The molecular weight excluding hydrogens is 304 g/mol. The summed E-state index contributed by atoms with van der Waals surface area (Å²) in [6.07, 6.45) is 3.28. The van der Waals surface area contributed by atoms with Crippen LogP contribution >= 0.6 is 11.8 Å². The molecule has 0 aliphatic rings. The third-order valence-electron chi connectivity index (χ3n) is 2.75. The molecule has 0 bridgehead atoms. The summed E-state index contributed by atoms with van der Waals surface area (Å²) in [5.74, 6) is -0.382. The Labute approximate surface area is 134 Å². The molecule has 3 N–H and O–H groups in total. The van der Waals surface area contributed by atoms with Gasteiger partial charge in [0.25, 0.3) is 0 Å². The monoisotopic (exact) mass is 326 g/mol. The third-order valence-corrected chi connectivity index (χ3v) is 3.61. The first kappa shape index (κ1) is 18.2. The lowest BCUT2D eigenvalue weighted by Crippen LogP contribution is -2.33. The molecule has 1 amide bonds. The van der Waals surface area contributed by atoms with E-state index in [1.54, 1.807) is 6.92 Å². The number of hydrogen-bond donors (Lipinski definition) is 2. The highest BCUT2D eigenvalue weighted by molar-refractivity contribution is 7.99. The highest BCUT2D eigenvalue weighted by atomic mass is 32.2.